The van der Waals surface area contributed by atoms with Crippen molar-refractivity contribution >= 4 is 161 Å². The standard InChI is InChI=1S/C51H33N3.C45H28N4S.C39H24N4S/c1-3-14-34(15-4-1)35-16-13-17-38(30-35)43-33-51(52-46-23-10-7-20-40(43)46)54-48-25-12-9-22-42(48)45-32-37(27-29-50(45)54)36-26-28-49-44(31-36)41-21-8-11-24-47(41)53(49)39-18-5-2-6-19-39;1-3-12-29(13-4-1)43-46-44(30-14-5-2-6-15-30)48-45(47-43)31-22-25-33(26-23-31)49-39-20-9-7-16-35(39)36-27-24-32(28-40(36)49)34-18-11-19-38-37-17-8-10-21-41(37)50-42(34)38;1-3-12-25(13-4-1)37-40-38(26-14-5-2-6-15-26)42-39(41-37)43-33-20-9-7-16-29(33)30-23-22-27(24-34(30)43)28-18-11-19-32-31-17-8-10-21-35(31)44-36(28)32/h1-33H;1-28H;1-24H. The molecule has 0 saturated heterocycles. The molecule has 0 radical (unpaired) electrons. The molecule has 21 aromatic carbocycles. The normalized spacial score (nSPS) is 11.6. The van der Waals surface area contributed by atoms with Crippen molar-refractivity contribution in [3.8, 4) is 136 Å². The van der Waals surface area contributed by atoms with Crippen LogP contribution in [0.4, 0.5) is 0 Å². The second-order valence-corrected chi connectivity index (χ2v) is 39.4. The third-order valence-corrected chi connectivity index (χ3v) is 31.1. The van der Waals surface area contributed by atoms with E-state index in [1.807, 2.05) is 144 Å². The lowest BCUT2D eigenvalue weighted by Crippen LogP contribution is -2.06. The first-order valence-corrected chi connectivity index (χ1v) is 51.4. The maximum atomic E-state index is 5.32. The van der Waals surface area contributed by atoms with Crippen molar-refractivity contribution in [1.82, 2.24) is 53.2 Å². The lowest BCUT2D eigenvalue weighted by molar-refractivity contribution is 0.953. The molecule has 0 aliphatic heterocycles. The van der Waals surface area contributed by atoms with Gasteiger partial charge in [-0.25, -0.2) is 24.9 Å². The Morgan fingerprint density at radius 3 is 0.939 bits per heavy atom. The first-order valence-electron chi connectivity index (χ1n) is 49.8. The SMILES string of the molecule is c1ccc(-c2cccc(-c3cc(-n4c5ccccc5c5cc(-c6ccc7c(c6)c6ccccc6n7-c6ccccc6)ccc54)nc4ccccc34)c2)cc1.c1ccc(-c2nc(-c3ccccc3)nc(-c3ccc(-n4c5ccccc5c5ccc(-c6cccc7c6sc6ccccc67)cc54)cc3)n2)cc1.c1ccc(-c2nc(-c3ccccc3)nc(-n3c4ccccc4c4ccc(-c5cccc6c5sc5ccccc56)cc43)n2)cc1. The van der Waals surface area contributed by atoms with Crippen LogP contribution in [0, 0.1) is 0 Å². The van der Waals surface area contributed by atoms with Crippen LogP contribution in [0.15, 0.2) is 516 Å². The van der Waals surface area contributed by atoms with E-state index in [1.165, 1.54) is 156 Å². The second kappa shape index (κ2) is 36.6. The van der Waals surface area contributed by atoms with Crippen LogP contribution in [-0.2, 0) is 0 Å². The molecule has 0 aliphatic carbocycles. The molecule has 30 aromatic rings. The zero-order valence-electron chi connectivity index (χ0n) is 79.8. The summed E-state index contributed by atoms with van der Waals surface area (Å²) in [5.74, 6) is 4.75. The average molecular weight is 1930 g/mol. The molecule has 0 bridgehead atoms. The van der Waals surface area contributed by atoms with E-state index in [1.54, 1.807) is 0 Å². The summed E-state index contributed by atoms with van der Waals surface area (Å²) in [6, 6.07) is 183. The molecule has 0 spiro atoms. The van der Waals surface area contributed by atoms with Gasteiger partial charge in [0.2, 0.25) is 5.95 Å². The molecule has 9 heterocycles. The van der Waals surface area contributed by atoms with Gasteiger partial charge in [0.15, 0.2) is 29.1 Å². The van der Waals surface area contributed by atoms with Crippen LogP contribution in [0.1, 0.15) is 0 Å². The van der Waals surface area contributed by atoms with Crippen molar-refractivity contribution in [3.63, 3.8) is 0 Å². The summed E-state index contributed by atoms with van der Waals surface area (Å²) in [5.41, 5.74) is 29.1. The fourth-order valence-corrected chi connectivity index (χ4v) is 24.2. The van der Waals surface area contributed by atoms with Gasteiger partial charge in [-0.3, -0.25) is 9.13 Å². The number of para-hydroxylation sites is 6. The highest BCUT2D eigenvalue weighted by Crippen LogP contribution is 2.48. The van der Waals surface area contributed by atoms with Gasteiger partial charge in [-0.15, -0.1) is 22.7 Å². The molecular formula is C135H85N11S2. The molecule has 30 rings (SSSR count). The number of hydrogen-bond acceptors (Lipinski definition) is 9. The number of benzene rings is 21. The molecule has 0 unspecified atom stereocenters. The van der Waals surface area contributed by atoms with E-state index in [9.17, 15) is 0 Å². The van der Waals surface area contributed by atoms with Gasteiger partial charge in [-0.2, -0.15) is 9.97 Å². The van der Waals surface area contributed by atoms with Crippen molar-refractivity contribution in [2.75, 3.05) is 0 Å². The van der Waals surface area contributed by atoms with Gasteiger partial charge in [0.05, 0.1) is 49.7 Å². The predicted molar refractivity (Wildman–Crippen MR) is 619 cm³/mol. The molecule has 692 valence electrons. The summed E-state index contributed by atoms with van der Waals surface area (Å²) in [6.45, 7) is 0. The number of rotatable bonds is 14. The first kappa shape index (κ1) is 86.6. The van der Waals surface area contributed by atoms with Gasteiger partial charge in [0.1, 0.15) is 5.82 Å². The van der Waals surface area contributed by atoms with Crippen LogP contribution in [0.3, 0.4) is 0 Å². The number of thiophene rings is 2. The highest BCUT2D eigenvalue weighted by molar-refractivity contribution is 7.26. The van der Waals surface area contributed by atoms with E-state index in [2.05, 4.69) is 413 Å². The lowest BCUT2D eigenvalue weighted by Gasteiger charge is -2.14. The lowest BCUT2D eigenvalue weighted by atomic mass is 9.96. The highest BCUT2D eigenvalue weighted by atomic mass is 32.1. The predicted octanol–water partition coefficient (Wildman–Crippen LogP) is 35.8. The van der Waals surface area contributed by atoms with E-state index in [-0.39, 0.29) is 0 Å². The molecule has 0 amide bonds. The topological polar surface area (TPSA) is 110 Å². The first-order chi connectivity index (χ1) is 73.4. The van der Waals surface area contributed by atoms with Gasteiger partial charge >= 0.3 is 0 Å². The molecular weight excluding hydrogens is 1840 g/mol. The van der Waals surface area contributed by atoms with E-state index in [0.29, 0.717) is 35.1 Å². The number of nitrogens with zero attached hydrogens (tertiary/aromatic N) is 11. The van der Waals surface area contributed by atoms with Crippen LogP contribution in [0.25, 0.3) is 274 Å². The number of aromatic nitrogens is 11. The Morgan fingerprint density at radius 2 is 0.453 bits per heavy atom. The van der Waals surface area contributed by atoms with Crippen molar-refractivity contribution in [2.24, 2.45) is 0 Å². The maximum absolute atomic E-state index is 5.32. The molecule has 0 atom stereocenters. The molecule has 13 heteroatoms. The summed E-state index contributed by atoms with van der Waals surface area (Å²) in [5, 5.41) is 16.1. The minimum Gasteiger partial charge on any atom is -0.309 e. The van der Waals surface area contributed by atoms with E-state index in [0.717, 1.165) is 83.1 Å². The second-order valence-electron chi connectivity index (χ2n) is 37.3. The molecule has 9 aromatic heterocycles. The Balaban J connectivity index is 0.000000108. The van der Waals surface area contributed by atoms with Gasteiger partial charge < -0.3 is 9.13 Å². The fourth-order valence-electron chi connectivity index (χ4n) is 21.7. The average Bonchev–Trinajstić information content (AvgIpc) is 1.58. The Kier molecular flexibility index (Phi) is 21.4. The third-order valence-electron chi connectivity index (χ3n) is 28.7. The summed E-state index contributed by atoms with van der Waals surface area (Å²) < 4.78 is 14.5. The van der Waals surface area contributed by atoms with Crippen LogP contribution >= 0.6 is 22.7 Å². The van der Waals surface area contributed by atoms with Crippen molar-refractivity contribution in [2.45, 2.75) is 0 Å². The van der Waals surface area contributed by atoms with E-state index in [4.69, 9.17) is 34.9 Å². The summed E-state index contributed by atoms with van der Waals surface area (Å²) in [4.78, 5) is 35.2. The van der Waals surface area contributed by atoms with Gasteiger partial charge in [0.25, 0.3) is 0 Å². The molecule has 148 heavy (non-hydrogen) atoms. The van der Waals surface area contributed by atoms with Crippen LogP contribution in [-0.4, -0.2) is 53.2 Å². The van der Waals surface area contributed by atoms with Gasteiger partial charge in [0, 0.05) is 128 Å². The molecule has 0 fully saturated rings. The summed E-state index contributed by atoms with van der Waals surface area (Å²) in [6.07, 6.45) is 0. The van der Waals surface area contributed by atoms with Gasteiger partial charge in [-0.05, 0) is 183 Å². The number of pyridine rings is 1. The Morgan fingerprint density at radius 1 is 0.149 bits per heavy atom. The minimum atomic E-state index is 0.598. The highest BCUT2D eigenvalue weighted by Gasteiger charge is 2.26. The Labute approximate surface area is 859 Å². The van der Waals surface area contributed by atoms with Gasteiger partial charge in [-0.1, -0.05) is 388 Å². The molecule has 11 nitrogen and oxygen atoms in total. The molecule has 0 aliphatic rings. The summed E-state index contributed by atoms with van der Waals surface area (Å²) in [7, 11) is 0. The molecule has 0 saturated carbocycles. The van der Waals surface area contributed by atoms with Crippen LogP contribution in [0.2, 0.25) is 0 Å². The van der Waals surface area contributed by atoms with Crippen LogP contribution in [0.5, 0.6) is 0 Å². The van der Waals surface area contributed by atoms with Crippen molar-refractivity contribution in [3.05, 3.63) is 516 Å². The number of fused-ring (bicyclic) bond motifs is 19. The van der Waals surface area contributed by atoms with Crippen molar-refractivity contribution < 1.29 is 0 Å². The zero-order chi connectivity index (χ0) is 97.6. The van der Waals surface area contributed by atoms with E-state index < -0.39 is 0 Å². The quantitative estimate of drug-likeness (QED) is 0.107. The zero-order valence-corrected chi connectivity index (χ0v) is 81.4. The fraction of sp³-hybridized carbons (Fsp3) is 0. The largest absolute Gasteiger partial charge is 0.309 e. The summed E-state index contributed by atoms with van der Waals surface area (Å²) >= 11 is 3.72. The van der Waals surface area contributed by atoms with E-state index >= 15 is 0 Å². The van der Waals surface area contributed by atoms with Crippen LogP contribution < -0.4 is 0 Å². The Bertz CT molecular complexity index is 10300. The maximum Gasteiger partial charge on any atom is 0.238 e. The minimum absolute atomic E-state index is 0.598. The smallest absolute Gasteiger partial charge is 0.238 e. The molecule has 0 N–H and O–H groups in total. The monoisotopic (exact) mass is 1920 g/mol. The Hall–Kier alpha value is -19.3. The third kappa shape index (κ3) is 15.3. The van der Waals surface area contributed by atoms with Crippen molar-refractivity contribution in [1.29, 1.82) is 0 Å². The number of hydrogen-bond donors (Lipinski definition) is 0.